The smallest absolute Gasteiger partial charge is 0.340 e. The van der Waals surface area contributed by atoms with Crippen LogP contribution in [0.2, 0.25) is 0 Å². The van der Waals surface area contributed by atoms with Gasteiger partial charge in [-0.15, -0.1) is 0 Å². The van der Waals surface area contributed by atoms with Crippen molar-refractivity contribution in [3.63, 3.8) is 0 Å². The average Bonchev–Trinajstić information content (AvgIpc) is 3.19. The molecule has 1 aliphatic carbocycles. The predicted octanol–water partition coefficient (Wildman–Crippen LogP) is 2.95. The van der Waals surface area contributed by atoms with Crippen molar-refractivity contribution in [3.8, 4) is 0 Å². The zero-order chi connectivity index (χ0) is 15.0. The fourth-order valence-corrected chi connectivity index (χ4v) is 3.13. The fraction of sp³-hybridized carbons (Fsp3) is 0.429. The number of carboxylic acids is 1. The van der Waals surface area contributed by atoms with Crippen LogP contribution in [0.5, 0.6) is 0 Å². The highest BCUT2D eigenvalue weighted by Crippen LogP contribution is 2.39. The molecule has 1 saturated carbocycles. The lowest BCUT2D eigenvalue weighted by Gasteiger charge is -2.09. The average molecular weight is 305 g/mol. The molecule has 3 rings (SSSR count). The molecule has 21 heavy (non-hydrogen) atoms. The number of aryl methyl sites for hydroxylation is 2. The standard InChI is InChI=1S/C14H15N3O3S/c1-7-11(14(18)19)13(17-12(16-7)9-3-4-9)21-5-10-8(2)20-6-15-10/h6,9H,3-5H2,1-2H3,(H,18,19). The van der Waals surface area contributed by atoms with Crippen LogP contribution in [0.3, 0.4) is 0 Å². The van der Waals surface area contributed by atoms with Crippen molar-refractivity contribution in [2.45, 2.75) is 43.4 Å². The molecule has 2 heterocycles. The van der Waals surface area contributed by atoms with E-state index < -0.39 is 5.97 Å². The van der Waals surface area contributed by atoms with E-state index in [1.54, 1.807) is 6.92 Å². The van der Waals surface area contributed by atoms with E-state index in [2.05, 4.69) is 15.0 Å². The van der Waals surface area contributed by atoms with Gasteiger partial charge in [0.2, 0.25) is 0 Å². The lowest BCUT2D eigenvalue weighted by Crippen LogP contribution is -2.09. The van der Waals surface area contributed by atoms with Gasteiger partial charge in [-0.2, -0.15) is 0 Å². The van der Waals surface area contributed by atoms with Crippen LogP contribution in [0.25, 0.3) is 0 Å². The zero-order valence-corrected chi connectivity index (χ0v) is 12.6. The Morgan fingerprint density at radius 3 is 2.76 bits per heavy atom. The molecule has 0 bridgehead atoms. The number of oxazole rings is 1. The van der Waals surface area contributed by atoms with E-state index >= 15 is 0 Å². The number of thioether (sulfide) groups is 1. The molecule has 7 heteroatoms. The van der Waals surface area contributed by atoms with Crippen LogP contribution < -0.4 is 0 Å². The van der Waals surface area contributed by atoms with Crippen LogP contribution >= 0.6 is 11.8 Å². The molecule has 0 aliphatic heterocycles. The second-order valence-electron chi connectivity index (χ2n) is 5.07. The molecular formula is C14H15N3O3S. The summed E-state index contributed by atoms with van der Waals surface area (Å²) in [4.78, 5) is 24.4. The molecule has 110 valence electrons. The maximum atomic E-state index is 11.4. The van der Waals surface area contributed by atoms with Gasteiger partial charge in [-0.3, -0.25) is 0 Å². The second kappa shape index (κ2) is 5.48. The Bertz CT molecular complexity index is 695. The summed E-state index contributed by atoms with van der Waals surface area (Å²) < 4.78 is 5.15. The third kappa shape index (κ3) is 2.92. The van der Waals surface area contributed by atoms with Gasteiger partial charge in [0.05, 0.1) is 11.4 Å². The van der Waals surface area contributed by atoms with Gasteiger partial charge >= 0.3 is 5.97 Å². The molecule has 0 radical (unpaired) electrons. The minimum atomic E-state index is -0.991. The van der Waals surface area contributed by atoms with Gasteiger partial charge in [0, 0.05) is 11.7 Å². The van der Waals surface area contributed by atoms with Gasteiger partial charge in [-0.1, -0.05) is 11.8 Å². The predicted molar refractivity (Wildman–Crippen MR) is 76.5 cm³/mol. The Morgan fingerprint density at radius 1 is 1.43 bits per heavy atom. The summed E-state index contributed by atoms with van der Waals surface area (Å²) in [5, 5.41) is 9.89. The molecule has 6 nitrogen and oxygen atoms in total. The summed E-state index contributed by atoms with van der Waals surface area (Å²) in [7, 11) is 0. The molecule has 0 amide bonds. The van der Waals surface area contributed by atoms with E-state index in [1.807, 2.05) is 6.92 Å². The molecule has 1 N–H and O–H groups in total. The molecule has 0 aromatic carbocycles. The Kier molecular flexibility index (Phi) is 3.67. The number of rotatable bonds is 5. The van der Waals surface area contributed by atoms with Crippen LogP contribution in [0, 0.1) is 13.8 Å². The summed E-state index contributed by atoms with van der Waals surface area (Å²) in [5.74, 6) is 1.43. The first-order valence-corrected chi connectivity index (χ1v) is 7.68. The van der Waals surface area contributed by atoms with Crippen molar-refractivity contribution in [1.82, 2.24) is 15.0 Å². The SMILES string of the molecule is Cc1nc(C2CC2)nc(SCc2ncoc2C)c1C(=O)O. The maximum absolute atomic E-state index is 11.4. The lowest BCUT2D eigenvalue weighted by atomic mass is 10.2. The highest BCUT2D eigenvalue weighted by atomic mass is 32.2. The first kappa shape index (κ1) is 14.1. The van der Waals surface area contributed by atoms with Crippen molar-refractivity contribution < 1.29 is 14.3 Å². The van der Waals surface area contributed by atoms with Gasteiger partial charge in [0.15, 0.2) is 6.39 Å². The number of aromatic carboxylic acids is 1. The molecule has 0 atom stereocenters. The molecule has 0 unspecified atom stereocenters. The van der Waals surface area contributed by atoms with E-state index in [0.717, 1.165) is 30.1 Å². The van der Waals surface area contributed by atoms with E-state index in [0.29, 0.717) is 22.4 Å². The third-order valence-electron chi connectivity index (χ3n) is 3.42. The quantitative estimate of drug-likeness (QED) is 0.671. The molecule has 0 saturated heterocycles. The number of aromatic nitrogens is 3. The first-order valence-electron chi connectivity index (χ1n) is 6.70. The zero-order valence-electron chi connectivity index (χ0n) is 11.8. The van der Waals surface area contributed by atoms with Gasteiger partial charge < -0.3 is 9.52 Å². The van der Waals surface area contributed by atoms with Crippen molar-refractivity contribution in [2.24, 2.45) is 0 Å². The summed E-state index contributed by atoms with van der Waals surface area (Å²) >= 11 is 1.37. The van der Waals surface area contributed by atoms with Gasteiger partial charge in [-0.25, -0.2) is 19.7 Å². The fourth-order valence-electron chi connectivity index (χ4n) is 2.05. The monoisotopic (exact) mass is 305 g/mol. The topological polar surface area (TPSA) is 89.1 Å². The highest BCUT2D eigenvalue weighted by Gasteiger charge is 2.29. The summed E-state index contributed by atoms with van der Waals surface area (Å²) in [6, 6.07) is 0. The van der Waals surface area contributed by atoms with Gasteiger partial charge in [-0.05, 0) is 26.7 Å². The van der Waals surface area contributed by atoms with E-state index in [9.17, 15) is 9.90 Å². The van der Waals surface area contributed by atoms with Crippen molar-refractivity contribution in [1.29, 1.82) is 0 Å². The lowest BCUT2D eigenvalue weighted by molar-refractivity contribution is 0.0690. The Labute approximate surface area is 126 Å². The molecule has 2 aromatic rings. The number of hydrogen-bond acceptors (Lipinski definition) is 6. The number of nitrogens with zero attached hydrogens (tertiary/aromatic N) is 3. The van der Waals surface area contributed by atoms with Crippen LogP contribution in [0.1, 0.15) is 52.1 Å². The number of hydrogen-bond donors (Lipinski definition) is 1. The number of carbonyl (C=O) groups is 1. The minimum Gasteiger partial charge on any atom is -0.478 e. The summed E-state index contributed by atoms with van der Waals surface area (Å²) in [6.07, 6.45) is 3.56. The minimum absolute atomic E-state index is 0.186. The molecule has 0 spiro atoms. The Balaban J connectivity index is 1.91. The normalized spacial score (nSPS) is 14.4. The van der Waals surface area contributed by atoms with Crippen LogP contribution in [0.4, 0.5) is 0 Å². The molecule has 1 aliphatic rings. The van der Waals surface area contributed by atoms with Crippen molar-refractivity contribution in [2.75, 3.05) is 0 Å². The maximum Gasteiger partial charge on any atom is 0.340 e. The first-order chi connectivity index (χ1) is 10.1. The van der Waals surface area contributed by atoms with Crippen LogP contribution in [0.15, 0.2) is 15.8 Å². The Morgan fingerprint density at radius 2 is 2.19 bits per heavy atom. The summed E-state index contributed by atoms with van der Waals surface area (Å²) in [5.41, 5.74) is 1.52. The van der Waals surface area contributed by atoms with E-state index in [4.69, 9.17) is 4.42 Å². The largest absolute Gasteiger partial charge is 0.478 e. The van der Waals surface area contributed by atoms with Gasteiger partial charge in [0.25, 0.3) is 0 Å². The van der Waals surface area contributed by atoms with E-state index in [-0.39, 0.29) is 5.56 Å². The number of carboxylic acid groups (broad SMARTS) is 1. The van der Waals surface area contributed by atoms with Crippen LogP contribution in [-0.2, 0) is 5.75 Å². The second-order valence-corrected chi connectivity index (χ2v) is 6.03. The highest BCUT2D eigenvalue weighted by molar-refractivity contribution is 7.98. The van der Waals surface area contributed by atoms with Crippen LogP contribution in [-0.4, -0.2) is 26.0 Å². The summed E-state index contributed by atoms with van der Waals surface area (Å²) in [6.45, 7) is 3.56. The molecule has 1 fully saturated rings. The molecule has 2 aromatic heterocycles. The van der Waals surface area contributed by atoms with Gasteiger partial charge in [0.1, 0.15) is 22.2 Å². The van der Waals surface area contributed by atoms with E-state index in [1.165, 1.54) is 18.2 Å². The Hall–Kier alpha value is -1.89. The third-order valence-corrected chi connectivity index (χ3v) is 4.41. The molecular weight excluding hydrogens is 290 g/mol. The van der Waals surface area contributed by atoms with Crippen molar-refractivity contribution >= 4 is 17.7 Å². The van der Waals surface area contributed by atoms with Crippen molar-refractivity contribution in [3.05, 3.63) is 34.9 Å².